The van der Waals surface area contributed by atoms with E-state index in [2.05, 4.69) is 10.3 Å². The van der Waals surface area contributed by atoms with Gasteiger partial charge in [-0.05, 0) is 70.9 Å². The minimum Gasteiger partial charge on any atom is -0.509 e. The van der Waals surface area contributed by atoms with Crippen LogP contribution in [-0.2, 0) is 38.0 Å². The van der Waals surface area contributed by atoms with Crippen LogP contribution in [0, 0.1) is 11.6 Å². The van der Waals surface area contributed by atoms with E-state index in [1.54, 1.807) is 20.8 Å². The Hall–Kier alpha value is -5.26. The maximum Gasteiger partial charge on any atom is 0.433 e. The number of hydrogen-bond donors (Lipinski definition) is 2. The third-order valence-electron chi connectivity index (χ3n) is 8.49. The van der Waals surface area contributed by atoms with Gasteiger partial charge in [0.05, 0.1) is 17.6 Å². The van der Waals surface area contributed by atoms with Gasteiger partial charge in [0.1, 0.15) is 22.6 Å². The Kier molecular flexibility index (Phi) is 10.3. The maximum absolute atomic E-state index is 15.4. The van der Waals surface area contributed by atoms with Crippen molar-refractivity contribution in [3.05, 3.63) is 88.4 Å². The maximum atomic E-state index is 15.4. The molecular weight excluding hydrogens is 724 g/mol. The van der Waals surface area contributed by atoms with E-state index in [0.717, 1.165) is 29.3 Å². The Labute approximate surface area is 297 Å². The van der Waals surface area contributed by atoms with Gasteiger partial charge in [-0.3, -0.25) is 19.6 Å². The topological polar surface area (TPSA) is 121 Å². The molecule has 0 spiro atoms. The third-order valence-corrected chi connectivity index (χ3v) is 8.49. The van der Waals surface area contributed by atoms with Gasteiger partial charge in [-0.15, -0.1) is 0 Å². The quantitative estimate of drug-likeness (QED) is 0.139. The molecule has 284 valence electrons. The molecule has 3 aromatic rings. The van der Waals surface area contributed by atoms with Gasteiger partial charge in [0.25, 0.3) is 11.8 Å². The number of aliphatic hydroxyl groups excluding tert-OH is 1. The van der Waals surface area contributed by atoms with Crippen LogP contribution in [0.4, 0.5) is 40.8 Å². The number of benzene rings is 2. The van der Waals surface area contributed by atoms with Crippen LogP contribution < -0.4 is 10.1 Å². The zero-order valence-corrected chi connectivity index (χ0v) is 28.5. The molecule has 2 aromatic carbocycles. The van der Waals surface area contributed by atoms with E-state index in [-0.39, 0.29) is 29.8 Å². The van der Waals surface area contributed by atoms with Crippen LogP contribution in [0.25, 0.3) is 11.1 Å². The van der Waals surface area contributed by atoms with Gasteiger partial charge in [-0.2, -0.15) is 30.7 Å². The summed E-state index contributed by atoms with van der Waals surface area (Å²) in [6.07, 6.45) is -8.50. The number of esters is 1. The number of nitrogens with one attached hydrogen (secondary N) is 1. The SMILES string of the molecule is CC(C)(C)OC(=O)COc1ccc(CN2C(=O)C(C(=O)Nc3ccc(C(F)(F)F)cc3-c3ccc(C(F)(F)F)nc3)=C(O)[C@@]3(C)CCCN23)c(F)c1F. The lowest BCUT2D eigenvalue weighted by Gasteiger charge is -2.46. The van der Waals surface area contributed by atoms with Gasteiger partial charge >= 0.3 is 18.3 Å². The molecule has 3 heterocycles. The summed E-state index contributed by atoms with van der Waals surface area (Å²) in [5.74, 6) is -7.56. The van der Waals surface area contributed by atoms with Crippen molar-refractivity contribution in [3.63, 3.8) is 0 Å². The number of halogens is 8. The number of alkyl halides is 6. The number of anilines is 1. The number of aliphatic hydroxyl groups is 1. The number of amides is 2. The van der Waals surface area contributed by atoms with Gasteiger partial charge in [-0.25, -0.2) is 14.2 Å². The Morgan fingerprint density at radius 3 is 2.28 bits per heavy atom. The average Bonchev–Trinajstić information content (AvgIpc) is 3.46. The first-order chi connectivity index (χ1) is 24.5. The van der Waals surface area contributed by atoms with Gasteiger partial charge in [0.15, 0.2) is 18.2 Å². The van der Waals surface area contributed by atoms with Gasteiger partial charge in [-0.1, -0.05) is 12.1 Å². The van der Waals surface area contributed by atoms with E-state index in [9.17, 15) is 45.8 Å². The Morgan fingerprint density at radius 1 is 0.981 bits per heavy atom. The van der Waals surface area contributed by atoms with Crippen molar-refractivity contribution in [1.82, 2.24) is 15.0 Å². The average molecular weight is 757 g/mol. The van der Waals surface area contributed by atoms with E-state index >= 15 is 8.78 Å². The van der Waals surface area contributed by atoms with Crippen molar-refractivity contribution < 1.29 is 64.1 Å². The van der Waals surface area contributed by atoms with Crippen LogP contribution in [0.1, 0.15) is 57.4 Å². The normalized spacial score (nSPS) is 18.3. The molecule has 10 nitrogen and oxygen atoms in total. The number of carbonyl (C=O) groups excluding carboxylic acids is 3. The van der Waals surface area contributed by atoms with Crippen LogP contribution in [0.15, 0.2) is 60.0 Å². The minimum absolute atomic E-state index is 0.145. The number of nitrogens with zero attached hydrogens (tertiary/aromatic N) is 3. The largest absolute Gasteiger partial charge is 0.509 e. The fourth-order valence-corrected chi connectivity index (χ4v) is 6.00. The number of fused-ring (bicyclic) bond motifs is 1. The predicted octanol–water partition coefficient (Wildman–Crippen LogP) is 7.35. The smallest absolute Gasteiger partial charge is 0.433 e. The summed E-state index contributed by atoms with van der Waals surface area (Å²) < 4.78 is 121. The van der Waals surface area contributed by atoms with E-state index in [1.807, 2.05) is 0 Å². The second-order valence-corrected chi connectivity index (χ2v) is 13.5. The standard InChI is InChI=1S/C35H32F8N4O6/c1-32(2,3)53-25(48)17-52-23-10-6-19(27(36)28(23)37)16-46-31(51)26(29(49)33(4)12-5-13-47(33)46)30(50)45-22-9-8-20(34(38,39)40)14-21(22)18-7-11-24(44-15-18)35(41,42)43/h6-11,14-15,49H,5,12-13,16-17H2,1-4H3,(H,45,50)/t33-/m1/s1. The second kappa shape index (κ2) is 13.9. The fraction of sp³-hybridized carbons (Fsp3) is 0.371. The molecule has 0 saturated carbocycles. The Morgan fingerprint density at radius 2 is 1.68 bits per heavy atom. The third kappa shape index (κ3) is 8.06. The number of aromatic nitrogens is 1. The molecule has 5 rings (SSSR count). The highest BCUT2D eigenvalue weighted by atomic mass is 19.4. The molecule has 2 N–H and O–H groups in total. The molecule has 18 heteroatoms. The van der Waals surface area contributed by atoms with Gasteiger partial charge in [0, 0.05) is 35.1 Å². The Balaban J connectivity index is 1.46. The van der Waals surface area contributed by atoms with E-state index < -0.39 is 100.0 Å². The van der Waals surface area contributed by atoms with E-state index in [1.165, 1.54) is 11.9 Å². The number of hydrogen-bond acceptors (Lipinski definition) is 8. The van der Waals surface area contributed by atoms with Crippen LogP contribution in [0.2, 0.25) is 0 Å². The van der Waals surface area contributed by atoms with E-state index in [4.69, 9.17) is 9.47 Å². The highest BCUT2D eigenvalue weighted by molar-refractivity contribution is 6.24. The molecule has 1 aromatic heterocycles. The van der Waals surface area contributed by atoms with Crippen LogP contribution in [0.3, 0.4) is 0 Å². The highest BCUT2D eigenvalue weighted by Gasteiger charge is 2.53. The molecule has 2 amide bonds. The summed E-state index contributed by atoms with van der Waals surface area (Å²) in [6.45, 7) is 5.05. The molecule has 1 saturated heterocycles. The first kappa shape index (κ1) is 39.0. The first-order valence-electron chi connectivity index (χ1n) is 15.9. The lowest BCUT2D eigenvalue weighted by atomic mass is 9.90. The first-order valence-corrected chi connectivity index (χ1v) is 15.9. The van der Waals surface area contributed by atoms with Crippen LogP contribution >= 0.6 is 0 Å². The molecule has 1 fully saturated rings. The summed E-state index contributed by atoms with van der Waals surface area (Å²) >= 11 is 0. The summed E-state index contributed by atoms with van der Waals surface area (Å²) in [4.78, 5) is 43.0. The molecule has 0 unspecified atom stereocenters. The lowest BCUT2D eigenvalue weighted by molar-refractivity contribution is -0.161. The van der Waals surface area contributed by atoms with Gasteiger partial charge in [0.2, 0.25) is 5.82 Å². The van der Waals surface area contributed by atoms with Crippen molar-refractivity contribution in [3.8, 4) is 16.9 Å². The van der Waals surface area contributed by atoms with Gasteiger partial charge < -0.3 is 19.9 Å². The van der Waals surface area contributed by atoms with Crippen molar-refractivity contribution in [2.75, 3.05) is 18.5 Å². The van der Waals surface area contributed by atoms with Crippen molar-refractivity contribution in [1.29, 1.82) is 0 Å². The molecule has 0 bridgehead atoms. The van der Waals surface area contributed by atoms with Crippen molar-refractivity contribution >= 4 is 23.5 Å². The number of carbonyl (C=O) groups is 3. The second-order valence-electron chi connectivity index (χ2n) is 13.5. The summed E-state index contributed by atoms with van der Waals surface area (Å²) in [7, 11) is 0. The number of rotatable bonds is 8. The molecule has 2 aliphatic heterocycles. The summed E-state index contributed by atoms with van der Waals surface area (Å²) in [6, 6.07) is 5.50. The molecule has 0 radical (unpaired) electrons. The summed E-state index contributed by atoms with van der Waals surface area (Å²) in [5.41, 5.74) is -7.08. The zero-order valence-electron chi connectivity index (χ0n) is 28.5. The minimum atomic E-state index is -4.89. The van der Waals surface area contributed by atoms with Crippen LogP contribution in [0.5, 0.6) is 5.75 Å². The van der Waals surface area contributed by atoms with Crippen LogP contribution in [-0.4, -0.2) is 62.2 Å². The highest BCUT2D eigenvalue weighted by Crippen LogP contribution is 2.43. The Bertz CT molecular complexity index is 1970. The number of ether oxygens (including phenoxy) is 2. The number of pyridine rings is 1. The number of hydrazine groups is 1. The predicted molar refractivity (Wildman–Crippen MR) is 171 cm³/mol. The molecule has 1 atom stereocenters. The fourth-order valence-electron chi connectivity index (χ4n) is 6.00. The monoisotopic (exact) mass is 756 g/mol. The zero-order chi connectivity index (χ0) is 39.3. The van der Waals surface area contributed by atoms with Crippen molar-refractivity contribution in [2.45, 2.75) is 70.6 Å². The van der Waals surface area contributed by atoms with Crippen molar-refractivity contribution in [2.24, 2.45) is 0 Å². The molecule has 53 heavy (non-hydrogen) atoms. The van der Waals surface area contributed by atoms with E-state index in [0.29, 0.717) is 30.8 Å². The molecule has 0 aliphatic carbocycles. The summed E-state index contributed by atoms with van der Waals surface area (Å²) in [5, 5.41) is 15.9. The molecular formula is C35H32F8N4O6. The molecule has 2 aliphatic rings. The lowest BCUT2D eigenvalue weighted by Crippen LogP contribution is -2.60.